The van der Waals surface area contributed by atoms with E-state index in [9.17, 15) is 0 Å². The Morgan fingerprint density at radius 2 is 2.12 bits per heavy atom. The van der Waals surface area contributed by atoms with Gasteiger partial charge in [0.1, 0.15) is 0 Å². The minimum atomic E-state index is 0.265. The van der Waals surface area contributed by atoms with Gasteiger partial charge in [-0.25, -0.2) is 0 Å². The number of aromatic nitrogens is 2. The molecule has 0 radical (unpaired) electrons. The van der Waals surface area contributed by atoms with Crippen molar-refractivity contribution in [3.63, 3.8) is 0 Å². The van der Waals surface area contributed by atoms with Gasteiger partial charge in [-0.15, -0.1) is 0 Å². The summed E-state index contributed by atoms with van der Waals surface area (Å²) < 4.78 is 1.92. The summed E-state index contributed by atoms with van der Waals surface area (Å²) in [5, 5.41) is 4.21. The Balaban J connectivity index is 1.84. The number of hydrogen-bond acceptors (Lipinski definition) is 4. The fourth-order valence-corrected chi connectivity index (χ4v) is 2.28. The Morgan fingerprint density at radius 3 is 2.71 bits per heavy atom. The number of nitrogens with zero attached hydrogens (tertiary/aromatic N) is 4. The Morgan fingerprint density at radius 1 is 1.35 bits per heavy atom. The number of hydrogen-bond donors (Lipinski definition) is 1. The van der Waals surface area contributed by atoms with Crippen molar-refractivity contribution >= 4 is 5.69 Å². The molecule has 0 amide bonds. The number of nitrogens with two attached hydrogens (primary N) is 1. The molecule has 2 N–H and O–H groups in total. The van der Waals surface area contributed by atoms with Crippen LogP contribution in [0.25, 0.3) is 0 Å². The minimum Gasteiger partial charge on any atom is -0.396 e. The maximum absolute atomic E-state index is 5.65. The second-order valence-corrected chi connectivity index (χ2v) is 5.55. The monoisotopic (exact) mass is 237 g/mol. The lowest BCUT2D eigenvalue weighted by Crippen LogP contribution is -2.57. The fraction of sp³-hybridized carbons (Fsp3) is 0.750. The summed E-state index contributed by atoms with van der Waals surface area (Å²) >= 11 is 0. The van der Waals surface area contributed by atoms with Gasteiger partial charge >= 0.3 is 0 Å². The van der Waals surface area contributed by atoms with Gasteiger partial charge in [0.15, 0.2) is 0 Å². The zero-order valence-corrected chi connectivity index (χ0v) is 11.1. The minimum absolute atomic E-state index is 0.265. The first-order chi connectivity index (χ1) is 7.97. The molecule has 96 valence electrons. The van der Waals surface area contributed by atoms with Crippen molar-refractivity contribution in [2.24, 2.45) is 0 Å². The highest BCUT2D eigenvalue weighted by Crippen LogP contribution is 2.18. The van der Waals surface area contributed by atoms with E-state index in [4.69, 9.17) is 5.73 Å². The van der Waals surface area contributed by atoms with Crippen molar-refractivity contribution < 1.29 is 0 Å². The van der Waals surface area contributed by atoms with Crippen molar-refractivity contribution in [1.29, 1.82) is 0 Å². The van der Waals surface area contributed by atoms with Crippen molar-refractivity contribution in [3.05, 3.63) is 12.4 Å². The first-order valence-electron chi connectivity index (χ1n) is 6.19. The molecule has 0 saturated carbocycles. The van der Waals surface area contributed by atoms with E-state index < -0.39 is 0 Å². The first-order valence-corrected chi connectivity index (χ1v) is 6.19. The lowest BCUT2D eigenvalue weighted by molar-refractivity contribution is 0.0380. The van der Waals surface area contributed by atoms with Crippen LogP contribution in [-0.2, 0) is 6.54 Å². The second-order valence-electron chi connectivity index (χ2n) is 5.55. The summed E-state index contributed by atoms with van der Waals surface area (Å²) in [7, 11) is 2.20. The molecule has 5 heteroatoms. The van der Waals surface area contributed by atoms with Crippen LogP contribution in [0.3, 0.4) is 0 Å². The SMILES string of the molecule is CN1CCN(CCn2cc(N)cn2)CC1(C)C. The van der Waals surface area contributed by atoms with Crippen molar-refractivity contribution in [2.45, 2.75) is 25.9 Å². The van der Waals surface area contributed by atoms with E-state index in [-0.39, 0.29) is 5.54 Å². The van der Waals surface area contributed by atoms with Crippen molar-refractivity contribution in [2.75, 3.05) is 39.0 Å². The zero-order chi connectivity index (χ0) is 12.5. The van der Waals surface area contributed by atoms with Gasteiger partial charge < -0.3 is 5.73 Å². The second kappa shape index (κ2) is 4.66. The van der Waals surface area contributed by atoms with E-state index in [0.29, 0.717) is 0 Å². The molecule has 2 heterocycles. The highest BCUT2D eigenvalue weighted by atomic mass is 15.3. The highest BCUT2D eigenvalue weighted by Gasteiger charge is 2.30. The number of rotatable bonds is 3. The van der Waals surface area contributed by atoms with Crippen LogP contribution >= 0.6 is 0 Å². The van der Waals surface area contributed by atoms with Gasteiger partial charge in [-0.2, -0.15) is 5.10 Å². The molecule has 1 aromatic heterocycles. The van der Waals surface area contributed by atoms with Crippen LogP contribution in [0.2, 0.25) is 0 Å². The maximum Gasteiger partial charge on any atom is 0.0719 e. The molecular weight excluding hydrogens is 214 g/mol. The van der Waals surface area contributed by atoms with Crippen molar-refractivity contribution in [3.8, 4) is 0 Å². The summed E-state index contributed by atoms with van der Waals surface area (Å²) in [6, 6.07) is 0. The Labute approximate surface area is 103 Å². The summed E-state index contributed by atoms with van der Waals surface area (Å²) in [6.07, 6.45) is 3.59. The van der Waals surface area contributed by atoms with Crippen LogP contribution in [0.1, 0.15) is 13.8 Å². The fourth-order valence-electron chi connectivity index (χ4n) is 2.28. The van der Waals surface area contributed by atoms with E-state index in [2.05, 4.69) is 35.8 Å². The topological polar surface area (TPSA) is 50.3 Å². The Bertz CT molecular complexity index is 371. The van der Waals surface area contributed by atoms with Gasteiger partial charge in [0.25, 0.3) is 0 Å². The summed E-state index contributed by atoms with van der Waals surface area (Å²) in [4.78, 5) is 4.92. The first kappa shape index (κ1) is 12.4. The maximum atomic E-state index is 5.65. The largest absolute Gasteiger partial charge is 0.396 e. The molecular formula is C12H23N5. The molecule has 0 aromatic carbocycles. The number of anilines is 1. The molecule has 1 aromatic rings. The smallest absolute Gasteiger partial charge is 0.0719 e. The third kappa shape index (κ3) is 2.98. The number of likely N-dealkylation sites (N-methyl/N-ethyl adjacent to an activating group) is 1. The molecule has 5 nitrogen and oxygen atoms in total. The molecule has 0 atom stereocenters. The average molecular weight is 237 g/mol. The summed E-state index contributed by atoms with van der Waals surface area (Å²) in [5.74, 6) is 0. The zero-order valence-electron chi connectivity index (χ0n) is 11.1. The van der Waals surface area contributed by atoms with Gasteiger partial charge in [0, 0.05) is 37.9 Å². The summed E-state index contributed by atoms with van der Waals surface area (Å²) in [6.45, 7) is 9.93. The molecule has 1 aliphatic heterocycles. The van der Waals surface area contributed by atoms with Gasteiger partial charge in [0.2, 0.25) is 0 Å². The third-order valence-corrected chi connectivity index (χ3v) is 3.69. The number of piperazine rings is 1. The van der Waals surface area contributed by atoms with E-state index in [1.807, 2.05) is 10.9 Å². The normalized spacial score (nSPS) is 21.8. The Hall–Kier alpha value is -1.07. The third-order valence-electron chi connectivity index (χ3n) is 3.69. The molecule has 0 bridgehead atoms. The van der Waals surface area contributed by atoms with Crippen LogP contribution in [0.5, 0.6) is 0 Å². The van der Waals surface area contributed by atoms with Gasteiger partial charge in [-0.3, -0.25) is 14.5 Å². The van der Waals surface area contributed by atoms with Gasteiger partial charge in [-0.1, -0.05) is 0 Å². The van der Waals surface area contributed by atoms with Crippen LogP contribution in [-0.4, -0.2) is 58.3 Å². The quantitative estimate of drug-likeness (QED) is 0.831. The van der Waals surface area contributed by atoms with Crippen LogP contribution in [0.4, 0.5) is 5.69 Å². The lowest BCUT2D eigenvalue weighted by Gasteiger charge is -2.45. The Kier molecular flexibility index (Phi) is 3.40. The average Bonchev–Trinajstić information content (AvgIpc) is 2.66. The molecule has 0 spiro atoms. The van der Waals surface area contributed by atoms with E-state index in [0.717, 1.165) is 38.4 Å². The molecule has 1 fully saturated rings. The highest BCUT2D eigenvalue weighted by molar-refractivity contribution is 5.30. The van der Waals surface area contributed by atoms with E-state index in [1.54, 1.807) is 6.20 Å². The van der Waals surface area contributed by atoms with Gasteiger partial charge in [-0.05, 0) is 20.9 Å². The lowest BCUT2D eigenvalue weighted by atomic mass is 10.00. The molecule has 2 rings (SSSR count). The van der Waals surface area contributed by atoms with Crippen molar-refractivity contribution in [1.82, 2.24) is 19.6 Å². The molecule has 1 saturated heterocycles. The predicted octanol–water partition coefficient (Wildman–Crippen LogP) is 0.491. The predicted molar refractivity (Wildman–Crippen MR) is 69.8 cm³/mol. The standard InChI is InChI=1S/C12H23N5/c1-12(2)10-16(5-4-15(12)3)6-7-17-9-11(13)8-14-17/h8-9H,4-7,10,13H2,1-3H3. The molecule has 0 aliphatic carbocycles. The molecule has 0 unspecified atom stereocenters. The number of nitrogen functional groups attached to an aromatic ring is 1. The van der Waals surface area contributed by atoms with Crippen LogP contribution < -0.4 is 5.73 Å². The molecule has 1 aliphatic rings. The summed E-state index contributed by atoms with van der Waals surface area (Å²) in [5.41, 5.74) is 6.65. The van der Waals surface area contributed by atoms with Gasteiger partial charge in [0.05, 0.1) is 18.4 Å². The van der Waals surface area contributed by atoms with E-state index in [1.165, 1.54) is 0 Å². The van der Waals surface area contributed by atoms with Crippen LogP contribution in [0.15, 0.2) is 12.4 Å². The van der Waals surface area contributed by atoms with Crippen LogP contribution in [0, 0.1) is 0 Å². The van der Waals surface area contributed by atoms with E-state index >= 15 is 0 Å². The molecule has 17 heavy (non-hydrogen) atoms.